The van der Waals surface area contributed by atoms with Crippen molar-refractivity contribution in [2.45, 2.75) is 32.8 Å². The molecule has 0 aliphatic carbocycles. The number of fused-ring (bicyclic) bond motifs is 1. The lowest BCUT2D eigenvalue weighted by molar-refractivity contribution is 0.0497. The van der Waals surface area contributed by atoms with E-state index in [4.69, 9.17) is 9.72 Å². The summed E-state index contributed by atoms with van der Waals surface area (Å²) in [5.74, 6) is 2.63. The van der Waals surface area contributed by atoms with E-state index in [-0.39, 0.29) is 6.10 Å². The molecule has 1 aliphatic rings. The van der Waals surface area contributed by atoms with Crippen molar-refractivity contribution in [3.8, 4) is 0 Å². The molecule has 20 heavy (non-hydrogen) atoms. The van der Waals surface area contributed by atoms with Crippen LogP contribution in [-0.4, -0.2) is 36.3 Å². The Kier molecular flexibility index (Phi) is 3.89. The van der Waals surface area contributed by atoms with Crippen LogP contribution in [-0.2, 0) is 11.2 Å². The van der Waals surface area contributed by atoms with Crippen molar-refractivity contribution in [1.82, 2.24) is 9.97 Å². The molecule has 1 aliphatic heterocycles. The van der Waals surface area contributed by atoms with E-state index in [0.29, 0.717) is 5.92 Å². The molecule has 5 heteroatoms. The van der Waals surface area contributed by atoms with E-state index in [2.05, 4.69) is 35.2 Å². The maximum Gasteiger partial charge on any atom is 0.141 e. The highest BCUT2D eigenvalue weighted by Gasteiger charge is 2.28. The Bertz CT molecular complexity index is 598. The average Bonchev–Trinajstić information content (AvgIpc) is 2.95. The van der Waals surface area contributed by atoms with Crippen LogP contribution < -0.4 is 4.90 Å². The Morgan fingerprint density at radius 1 is 1.45 bits per heavy atom. The van der Waals surface area contributed by atoms with Crippen LogP contribution in [0.25, 0.3) is 10.2 Å². The lowest BCUT2D eigenvalue weighted by Crippen LogP contribution is -2.44. The minimum atomic E-state index is 0.289. The number of hydrogen-bond acceptors (Lipinski definition) is 5. The lowest BCUT2D eigenvalue weighted by atomic mass is 9.96. The molecule has 4 nitrogen and oxygen atoms in total. The molecule has 108 valence electrons. The second-order valence-corrected chi connectivity index (χ2v) is 6.34. The van der Waals surface area contributed by atoms with E-state index >= 15 is 0 Å². The second kappa shape index (κ2) is 5.66. The first-order valence-electron chi connectivity index (χ1n) is 7.24. The largest absolute Gasteiger partial charge is 0.379 e. The molecule has 3 heterocycles. The third-order valence-corrected chi connectivity index (χ3v) is 4.97. The van der Waals surface area contributed by atoms with E-state index < -0.39 is 0 Å². The van der Waals surface area contributed by atoms with Gasteiger partial charge in [-0.15, -0.1) is 11.3 Å². The van der Waals surface area contributed by atoms with Crippen molar-refractivity contribution in [2.75, 3.05) is 25.1 Å². The molecule has 2 aromatic heterocycles. The smallest absolute Gasteiger partial charge is 0.141 e. The van der Waals surface area contributed by atoms with Crippen LogP contribution in [0.3, 0.4) is 0 Å². The fourth-order valence-electron chi connectivity index (χ4n) is 2.81. The normalized spacial score (nSPS) is 23.4. The van der Waals surface area contributed by atoms with E-state index in [1.807, 2.05) is 7.11 Å². The molecule has 0 saturated carbocycles. The van der Waals surface area contributed by atoms with E-state index in [0.717, 1.165) is 42.4 Å². The predicted molar refractivity (Wildman–Crippen MR) is 83.6 cm³/mol. The maximum absolute atomic E-state index is 5.62. The first kappa shape index (κ1) is 13.8. The number of nitrogens with zero attached hydrogens (tertiary/aromatic N) is 3. The molecule has 2 aromatic rings. The van der Waals surface area contributed by atoms with Gasteiger partial charge in [0.05, 0.1) is 11.5 Å². The molecule has 0 bridgehead atoms. The van der Waals surface area contributed by atoms with Crippen molar-refractivity contribution in [3.05, 3.63) is 17.3 Å². The van der Waals surface area contributed by atoms with Crippen LogP contribution in [0.15, 0.2) is 11.4 Å². The summed E-state index contributed by atoms with van der Waals surface area (Å²) in [7, 11) is 1.81. The Morgan fingerprint density at radius 3 is 3.05 bits per heavy atom. The zero-order valence-electron chi connectivity index (χ0n) is 12.3. The molecule has 0 radical (unpaired) electrons. The third-order valence-electron chi connectivity index (χ3n) is 4.16. The van der Waals surface area contributed by atoms with Gasteiger partial charge in [-0.2, -0.15) is 0 Å². The third kappa shape index (κ3) is 2.40. The molecule has 2 unspecified atom stereocenters. The summed E-state index contributed by atoms with van der Waals surface area (Å²) in [5.41, 5.74) is 0. The number of hydrogen-bond donors (Lipinski definition) is 0. The number of ether oxygens (including phenoxy) is 1. The van der Waals surface area contributed by atoms with Gasteiger partial charge >= 0.3 is 0 Å². The molecule has 0 amide bonds. The van der Waals surface area contributed by atoms with Crippen LogP contribution in [0.5, 0.6) is 0 Å². The fourth-order valence-corrected chi connectivity index (χ4v) is 3.59. The predicted octanol–water partition coefficient (Wildman–Crippen LogP) is 3.11. The quantitative estimate of drug-likeness (QED) is 0.871. The van der Waals surface area contributed by atoms with E-state index in [1.54, 1.807) is 11.3 Å². The van der Waals surface area contributed by atoms with Gasteiger partial charge in [-0.25, -0.2) is 9.97 Å². The van der Waals surface area contributed by atoms with Gasteiger partial charge in [-0.3, -0.25) is 0 Å². The molecule has 1 saturated heterocycles. The van der Waals surface area contributed by atoms with Crippen LogP contribution in [0.1, 0.15) is 26.1 Å². The average molecular weight is 291 g/mol. The highest BCUT2D eigenvalue weighted by atomic mass is 32.1. The first-order valence-corrected chi connectivity index (χ1v) is 8.12. The Hall–Kier alpha value is -1.20. The number of anilines is 1. The number of thiophene rings is 1. The number of rotatable bonds is 3. The van der Waals surface area contributed by atoms with Crippen molar-refractivity contribution < 1.29 is 4.74 Å². The highest BCUT2D eigenvalue weighted by Crippen LogP contribution is 2.31. The van der Waals surface area contributed by atoms with Crippen molar-refractivity contribution in [3.63, 3.8) is 0 Å². The first-order chi connectivity index (χ1) is 9.72. The van der Waals surface area contributed by atoms with Crippen LogP contribution in [0.2, 0.25) is 0 Å². The molecular weight excluding hydrogens is 270 g/mol. The zero-order valence-corrected chi connectivity index (χ0v) is 13.1. The van der Waals surface area contributed by atoms with Gasteiger partial charge in [0.2, 0.25) is 0 Å². The summed E-state index contributed by atoms with van der Waals surface area (Å²) in [6.07, 6.45) is 2.31. The summed E-state index contributed by atoms with van der Waals surface area (Å²) in [6.45, 7) is 6.34. The minimum Gasteiger partial charge on any atom is -0.379 e. The maximum atomic E-state index is 5.62. The molecule has 2 atom stereocenters. The molecular formula is C15H21N3OS. The minimum absolute atomic E-state index is 0.289. The van der Waals surface area contributed by atoms with Gasteiger partial charge in [0.15, 0.2) is 0 Å². The standard InChI is InChI=1S/C15H21N3OS/c1-4-13-16-14(11-6-8-20-15(11)17-13)18-7-5-10(2)12(9-18)19-3/h6,8,10,12H,4-5,7,9H2,1-3H3. The monoisotopic (exact) mass is 291 g/mol. The number of aromatic nitrogens is 2. The summed E-state index contributed by atoms with van der Waals surface area (Å²) in [4.78, 5) is 12.8. The Labute approximate surface area is 123 Å². The molecule has 0 aromatic carbocycles. The van der Waals surface area contributed by atoms with Crippen molar-refractivity contribution >= 4 is 27.4 Å². The van der Waals surface area contributed by atoms with Crippen LogP contribution in [0, 0.1) is 5.92 Å². The van der Waals surface area contributed by atoms with Gasteiger partial charge in [0.25, 0.3) is 0 Å². The van der Waals surface area contributed by atoms with Crippen LogP contribution >= 0.6 is 11.3 Å². The van der Waals surface area contributed by atoms with Gasteiger partial charge in [-0.05, 0) is 23.8 Å². The summed E-state index contributed by atoms with van der Waals surface area (Å²) < 4.78 is 5.62. The fraction of sp³-hybridized carbons (Fsp3) is 0.600. The van der Waals surface area contributed by atoms with Gasteiger partial charge < -0.3 is 9.64 Å². The number of methoxy groups -OCH3 is 1. The van der Waals surface area contributed by atoms with Gasteiger partial charge in [0.1, 0.15) is 16.5 Å². The highest BCUT2D eigenvalue weighted by molar-refractivity contribution is 7.16. The molecule has 1 fully saturated rings. The second-order valence-electron chi connectivity index (χ2n) is 5.44. The zero-order chi connectivity index (χ0) is 14.1. The Morgan fingerprint density at radius 2 is 2.30 bits per heavy atom. The van der Waals surface area contributed by atoms with Crippen molar-refractivity contribution in [2.24, 2.45) is 5.92 Å². The topological polar surface area (TPSA) is 38.2 Å². The molecule has 3 rings (SSSR count). The van der Waals surface area contributed by atoms with Gasteiger partial charge in [-0.1, -0.05) is 13.8 Å². The Balaban J connectivity index is 1.98. The van der Waals surface area contributed by atoms with Crippen LogP contribution in [0.4, 0.5) is 5.82 Å². The summed E-state index contributed by atoms with van der Waals surface area (Å²) >= 11 is 1.69. The van der Waals surface area contributed by atoms with Crippen molar-refractivity contribution in [1.29, 1.82) is 0 Å². The van der Waals surface area contributed by atoms with E-state index in [1.165, 1.54) is 5.39 Å². The number of aryl methyl sites for hydroxylation is 1. The van der Waals surface area contributed by atoms with E-state index in [9.17, 15) is 0 Å². The lowest BCUT2D eigenvalue weighted by Gasteiger charge is -2.37. The number of piperidine rings is 1. The molecule has 0 spiro atoms. The summed E-state index contributed by atoms with van der Waals surface area (Å²) in [6, 6.07) is 2.13. The van der Waals surface area contributed by atoms with Gasteiger partial charge in [0, 0.05) is 26.6 Å². The SMILES string of the molecule is CCc1nc(N2CCC(C)C(OC)C2)c2ccsc2n1. The molecule has 0 N–H and O–H groups in total. The summed E-state index contributed by atoms with van der Waals surface area (Å²) in [5, 5.41) is 3.28.